The minimum Gasteiger partial charge on any atom is -0.384 e. The Balaban J connectivity index is 2.17. The largest absolute Gasteiger partial charge is 0.384 e. The van der Waals surface area contributed by atoms with Gasteiger partial charge in [0.25, 0.3) is 0 Å². The van der Waals surface area contributed by atoms with Crippen molar-refractivity contribution >= 4 is 31.6 Å². The summed E-state index contributed by atoms with van der Waals surface area (Å²) in [6, 6.07) is 6.09. The SMILES string of the molecule is N=C(N)c1cccc(S(=O)(=O)CCn2cc(Br)cn2)c1. The monoisotopic (exact) mass is 356 g/mol. The lowest BCUT2D eigenvalue weighted by atomic mass is 10.2. The van der Waals surface area contributed by atoms with E-state index in [1.165, 1.54) is 12.1 Å². The summed E-state index contributed by atoms with van der Waals surface area (Å²) in [5.41, 5.74) is 5.76. The summed E-state index contributed by atoms with van der Waals surface area (Å²) in [6.07, 6.45) is 3.31. The maximum absolute atomic E-state index is 12.2. The molecule has 1 heterocycles. The third-order valence-corrected chi connectivity index (χ3v) is 4.80. The smallest absolute Gasteiger partial charge is 0.180 e. The van der Waals surface area contributed by atoms with E-state index in [-0.39, 0.29) is 23.0 Å². The summed E-state index contributed by atoms with van der Waals surface area (Å²) in [7, 11) is -3.43. The van der Waals surface area contributed by atoms with Gasteiger partial charge in [0.1, 0.15) is 5.84 Å². The molecule has 0 fully saturated rings. The molecule has 0 atom stereocenters. The summed E-state index contributed by atoms with van der Waals surface area (Å²) < 4.78 is 26.8. The molecular formula is C12H13BrN4O2S. The quantitative estimate of drug-likeness (QED) is 0.624. The number of nitrogen functional groups attached to an aromatic ring is 1. The highest BCUT2D eigenvalue weighted by molar-refractivity contribution is 9.10. The molecular weight excluding hydrogens is 344 g/mol. The molecule has 2 rings (SSSR count). The summed E-state index contributed by atoms with van der Waals surface area (Å²) >= 11 is 3.25. The van der Waals surface area contributed by atoms with Gasteiger partial charge >= 0.3 is 0 Å². The average Bonchev–Trinajstić information content (AvgIpc) is 2.82. The number of sulfone groups is 1. The van der Waals surface area contributed by atoms with Crippen LogP contribution < -0.4 is 5.73 Å². The molecule has 0 spiro atoms. The van der Waals surface area contributed by atoms with E-state index < -0.39 is 9.84 Å². The van der Waals surface area contributed by atoms with Crippen LogP contribution in [-0.4, -0.2) is 29.8 Å². The van der Waals surface area contributed by atoms with E-state index in [2.05, 4.69) is 21.0 Å². The van der Waals surface area contributed by atoms with E-state index >= 15 is 0 Å². The van der Waals surface area contributed by atoms with E-state index in [9.17, 15) is 8.42 Å². The molecule has 6 nitrogen and oxygen atoms in total. The zero-order valence-electron chi connectivity index (χ0n) is 10.5. The molecule has 0 aliphatic carbocycles. The molecule has 106 valence electrons. The van der Waals surface area contributed by atoms with Gasteiger partial charge in [-0.1, -0.05) is 12.1 Å². The molecule has 0 amide bonds. The van der Waals surface area contributed by atoms with Gasteiger partial charge < -0.3 is 5.73 Å². The van der Waals surface area contributed by atoms with Gasteiger partial charge in [0, 0.05) is 11.8 Å². The van der Waals surface area contributed by atoms with Crippen molar-refractivity contribution in [1.29, 1.82) is 5.41 Å². The fraction of sp³-hybridized carbons (Fsp3) is 0.167. The first-order valence-corrected chi connectivity index (χ1v) is 8.18. The molecule has 0 aliphatic heterocycles. The topological polar surface area (TPSA) is 102 Å². The van der Waals surface area contributed by atoms with Gasteiger partial charge in [-0.3, -0.25) is 10.1 Å². The molecule has 0 unspecified atom stereocenters. The minimum absolute atomic E-state index is 0.0670. The third kappa shape index (κ3) is 3.45. The van der Waals surface area contributed by atoms with Crippen molar-refractivity contribution in [2.75, 3.05) is 5.75 Å². The molecule has 1 aromatic heterocycles. The Labute approximate surface area is 125 Å². The van der Waals surface area contributed by atoms with E-state index in [1.54, 1.807) is 29.2 Å². The second kappa shape index (κ2) is 5.76. The lowest BCUT2D eigenvalue weighted by Crippen LogP contribution is -2.15. The van der Waals surface area contributed by atoms with Gasteiger partial charge in [-0.05, 0) is 28.1 Å². The number of nitrogens with one attached hydrogen (secondary N) is 1. The molecule has 8 heteroatoms. The number of hydrogen-bond acceptors (Lipinski definition) is 4. The highest BCUT2D eigenvalue weighted by Crippen LogP contribution is 2.14. The van der Waals surface area contributed by atoms with Crippen LogP contribution in [0.5, 0.6) is 0 Å². The molecule has 1 aromatic carbocycles. The van der Waals surface area contributed by atoms with Crippen molar-refractivity contribution < 1.29 is 8.42 Å². The second-order valence-electron chi connectivity index (χ2n) is 4.18. The predicted octanol–water partition coefficient (Wildman–Crippen LogP) is 1.40. The van der Waals surface area contributed by atoms with Crippen molar-refractivity contribution in [3.05, 3.63) is 46.7 Å². The summed E-state index contributed by atoms with van der Waals surface area (Å²) in [5, 5.41) is 11.3. The highest BCUT2D eigenvalue weighted by atomic mass is 79.9. The minimum atomic E-state index is -3.43. The maximum Gasteiger partial charge on any atom is 0.180 e. The number of nitrogens with two attached hydrogens (primary N) is 1. The molecule has 0 radical (unpaired) electrons. The van der Waals surface area contributed by atoms with E-state index in [0.717, 1.165) is 4.47 Å². The fourth-order valence-corrected chi connectivity index (χ4v) is 3.23. The van der Waals surface area contributed by atoms with Crippen molar-refractivity contribution in [2.24, 2.45) is 5.73 Å². The number of amidine groups is 1. The van der Waals surface area contributed by atoms with Gasteiger partial charge in [0.2, 0.25) is 0 Å². The number of aromatic nitrogens is 2. The number of rotatable bonds is 5. The number of nitrogens with zero attached hydrogens (tertiary/aromatic N) is 2. The van der Waals surface area contributed by atoms with Crippen LogP contribution in [0.1, 0.15) is 5.56 Å². The number of halogens is 1. The lowest BCUT2D eigenvalue weighted by Gasteiger charge is -2.06. The Morgan fingerprint density at radius 1 is 1.45 bits per heavy atom. The molecule has 0 bridgehead atoms. The van der Waals surface area contributed by atoms with Crippen molar-refractivity contribution in [3.8, 4) is 0 Å². The normalized spacial score (nSPS) is 11.4. The lowest BCUT2D eigenvalue weighted by molar-refractivity contribution is 0.580. The third-order valence-electron chi connectivity index (χ3n) is 2.70. The van der Waals surface area contributed by atoms with E-state index in [4.69, 9.17) is 11.1 Å². The predicted molar refractivity (Wildman–Crippen MR) is 79.4 cm³/mol. The number of aryl methyl sites for hydroxylation is 1. The summed E-state index contributed by atoms with van der Waals surface area (Å²) in [5.74, 6) is -0.222. The standard InChI is InChI=1S/C12H13BrN4O2S/c13-10-7-16-17(8-10)4-5-20(18,19)11-3-1-2-9(6-11)12(14)15/h1-3,6-8H,4-5H2,(H3,14,15). The number of hydrogen-bond donors (Lipinski definition) is 2. The summed E-state index contributed by atoms with van der Waals surface area (Å²) in [4.78, 5) is 0.163. The van der Waals surface area contributed by atoms with Crippen LogP contribution in [0.25, 0.3) is 0 Å². The maximum atomic E-state index is 12.2. The van der Waals surface area contributed by atoms with Gasteiger partial charge in [0.15, 0.2) is 9.84 Å². The highest BCUT2D eigenvalue weighted by Gasteiger charge is 2.15. The Bertz CT molecular complexity index is 739. The Hall–Kier alpha value is -1.67. The van der Waals surface area contributed by atoms with E-state index in [0.29, 0.717) is 5.56 Å². The van der Waals surface area contributed by atoms with Crippen LogP contribution in [0.4, 0.5) is 0 Å². The Kier molecular flexibility index (Phi) is 4.24. The van der Waals surface area contributed by atoms with Gasteiger partial charge in [-0.25, -0.2) is 8.42 Å². The molecule has 0 saturated heterocycles. The molecule has 0 aliphatic rings. The molecule has 0 saturated carbocycles. The van der Waals surface area contributed by atoms with Gasteiger partial charge in [-0.15, -0.1) is 0 Å². The summed E-state index contributed by atoms with van der Waals surface area (Å²) in [6.45, 7) is 0.262. The van der Waals surface area contributed by atoms with Crippen LogP contribution in [0.2, 0.25) is 0 Å². The molecule has 20 heavy (non-hydrogen) atoms. The first-order valence-electron chi connectivity index (χ1n) is 5.74. The molecule has 3 N–H and O–H groups in total. The van der Waals surface area contributed by atoms with Crippen molar-refractivity contribution in [3.63, 3.8) is 0 Å². The van der Waals surface area contributed by atoms with Gasteiger partial charge in [-0.2, -0.15) is 5.10 Å². The Morgan fingerprint density at radius 3 is 2.80 bits per heavy atom. The van der Waals surface area contributed by atoms with Crippen molar-refractivity contribution in [2.45, 2.75) is 11.4 Å². The Morgan fingerprint density at radius 2 is 2.20 bits per heavy atom. The fourth-order valence-electron chi connectivity index (χ4n) is 1.65. The van der Waals surface area contributed by atoms with E-state index in [1.807, 2.05) is 0 Å². The van der Waals surface area contributed by atoms with Gasteiger partial charge in [0.05, 0.1) is 27.9 Å². The average molecular weight is 357 g/mol. The van der Waals surface area contributed by atoms with Crippen LogP contribution >= 0.6 is 15.9 Å². The van der Waals surface area contributed by atoms with Crippen LogP contribution in [0.15, 0.2) is 46.0 Å². The van der Waals surface area contributed by atoms with Crippen LogP contribution in [0.3, 0.4) is 0 Å². The van der Waals surface area contributed by atoms with Crippen LogP contribution in [0, 0.1) is 5.41 Å². The first kappa shape index (κ1) is 14.7. The number of benzene rings is 1. The van der Waals surface area contributed by atoms with Crippen molar-refractivity contribution in [1.82, 2.24) is 9.78 Å². The van der Waals surface area contributed by atoms with Crippen LogP contribution in [-0.2, 0) is 16.4 Å². The first-order chi connectivity index (χ1) is 9.38. The zero-order valence-corrected chi connectivity index (χ0v) is 12.9. The second-order valence-corrected chi connectivity index (χ2v) is 7.21. The molecule has 2 aromatic rings. The zero-order chi connectivity index (χ0) is 14.8.